The van der Waals surface area contributed by atoms with E-state index >= 15 is 0 Å². The highest BCUT2D eigenvalue weighted by molar-refractivity contribution is 8.00. The third-order valence-electron chi connectivity index (χ3n) is 4.06. The van der Waals surface area contributed by atoms with Crippen molar-refractivity contribution in [3.8, 4) is 11.4 Å². The van der Waals surface area contributed by atoms with Gasteiger partial charge in [-0.3, -0.25) is 14.7 Å². The van der Waals surface area contributed by atoms with Gasteiger partial charge in [0.25, 0.3) is 0 Å². The van der Waals surface area contributed by atoms with Crippen LogP contribution < -0.4 is 5.32 Å². The van der Waals surface area contributed by atoms with Crippen LogP contribution in [-0.4, -0.2) is 39.1 Å². The van der Waals surface area contributed by atoms with Crippen LogP contribution in [0.2, 0.25) is 0 Å². The molecule has 28 heavy (non-hydrogen) atoms. The van der Waals surface area contributed by atoms with Crippen LogP contribution in [-0.2, 0) is 16.1 Å². The van der Waals surface area contributed by atoms with Gasteiger partial charge in [-0.15, -0.1) is 10.2 Å². The van der Waals surface area contributed by atoms with Gasteiger partial charge in [-0.25, -0.2) is 4.79 Å². The number of nitrogens with zero attached hydrogens (tertiary/aromatic N) is 3. The molecule has 1 aromatic carbocycles. The van der Waals surface area contributed by atoms with Crippen LogP contribution in [0.15, 0.2) is 52.2 Å². The van der Waals surface area contributed by atoms with Crippen LogP contribution >= 0.6 is 11.8 Å². The Morgan fingerprint density at radius 2 is 2.00 bits per heavy atom. The van der Waals surface area contributed by atoms with E-state index in [-0.39, 0.29) is 0 Å². The van der Waals surface area contributed by atoms with Gasteiger partial charge in [-0.1, -0.05) is 42.1 Å². The Labute approximate surface area is 166 Å². The molecule has 0 aliphatic carbocycles. The molecular formula is C19H20N4O4S. The summed E-state index contributed by atoms with van der Waals surface area (Å²) in [7, 11) is 1.20. The number of ether oxygens (including phenoxy) is 1. The van der Waals surface area contributed by atoms with Crippen LogP contribution in [0.5, 0.6) is 0 Å². The monoisotopic (exact) mass is 400 g/mol. The molecule has 0 aliphatic heterocycles. The number of imide groups is 1. The lowest BCUT2D eigenvalue weighted by molar-refractivity contribution is -0.119. The molecule has 0 radical (unpaired) electrons. The third-order valence-corrected chi connectivity index (χ3v) is 5.14. The summed E-state index contributed by atoms with van der Waals surface area (Å²) in [5, 5.41) is 10.7. The van der Waals surface area contributed by atoms with Crippen molar-refractivity contribution in [3.63, 3.8) is 0 Å². The molecule has 0 aliphatic rings. The molecule has 0 fully saturated rings. The minimum absolute atomic E-state index is 0.466. The van der Waals surface area contributed by atoms with E-state index in [0.717, 1.165) is 16.9 Å². The summed E-state index contributed by atoms with van der Waals surface area (Å²) in [6, 6.07) is 11.7. The van der Waals surface area contributed by atoms with Crippen molar-refractivity contribution in [1.29, 1.82) is 0 Å². The number of carbonyl (C=O) groups excluding carboxylic acids is 2. The minimum Gasteiger partial charge on any atom is -0.469 e. The average Bonchev–Trinajstić information content (AvgIpc) is 3.28. The number of amides is 2. The van der Waals surface area contributed by atoms with Crippen molar-refractivity contribution in [2.45, 2.75) is 30.8 Å². The molecule has 9 heteroatoms. The summed E-state index contributed by atoms with van der Waals surface area (Å²) in [4.78, 5) is 23.4. The van der Waals surface area contributed by atoms with E-state index in [1.165, 1.54) is 18.9 Å². The van der Waals surface area contributed by atoms with Crippen LogP contribution in [0.25, 0.3) is 11.4 Å². The molecule has 3 rings (SSSR count). The average molecular weight is 400 g/mol. The maximum atomic E-state index is 12.2. The summed E-state index contributed by atoms with van der Waals surface area (Å²) in [5.41, 5.74) is 1.90. The zero-order valence-corrected chi connectivity index (χ0v) is 16.5. The SMILES string of the molecule is COC(=O)NC(=O)[C@@H](C)Sc1nnc(-c2ccoc2C)n1Cc1ccccc1. The summed E-state index contributed by atoms with van der Waals surface area (Å²) < 4.78 is 11.8. The largest absolute Gasteiger partial charge is 0.469 e. The number of furan rings is 1. The van der Waals surface area contributed by atoms with E-state index in [0.29, 0.717) is 17.5 Å². The summed E-state index contributed by atoms with van der Waals surface area (Å²) in [6.45, 7) is 4.07. The Balaban J connectivity index is 1.90. The lowest BCUT2D eigenvalue weighted by atomic mass is 10.2. The molecule has 2 aromatic heterocycles. The Hall–Kier alpha value is -3.07. The van der Waals surface area contributed by atoms with Gasteiger partial charge in [0.05, 0.1) is 30.7 Å². The van der Waals surface area contributed by atoms with E-state index in [2.05, 4.69) is 20.3 Å². The van der Waals surface area contributed by atoms with Crippen LogP contribution in [0.3, 0.4) is 0 Å². The first-order valence-electron chi connectivity index (χ1n) is 8.56. The fourth-order valence-electron chi connectivity index (χ4n) is 2.57. The number of methoxy groups -OCH3 is 1. The summed E-state index contributed by atoms with van der Waals surface area (Å²) >= 11 is 1.21. The lowest BCUT2D eigenvalue weighted by Crippen LogP contribution is -2.36. The van der Waals surface area contributed by atoms with Gasteiger partial charge in [0, 0.05) is 0 Å². The summed E-state index contributed by atoms with van der Waals surface area (Å²) in [6.07, 6.45) is 0.809. The highest BCUT2D eigenvalue weighted by Gasteiger charge is 2.23. The molecule has 146 valence electrons. The Bertz CT molecular complexity index is 967. The number of nitrogens with one attached hydrogen (secondary N) is 1. The van der Waals surface area contributed by atoms with Crippen molar-refractivity contribution in [1.82, 2.24) is 20.1 Å². The van der Waals surface area contributed by atoms with Gasteiger partial charge >= 0.3 is 6.09 Å². The molecule has 2 amide bonds. The number of carbonyl (C=O) groups is 2. The van der Waals surface area contributed by atoms with Crippen molar-refractivity contribution < 1.29 is 18.7 Å². The van der Waals surface area contributed by atoms with Crippen molar-refractivity contribution >= 4 is 23.8 Å². The first-order chi connectivity index (χ1) is 13.5. The first-order valence-corrected chi connectivity index (χ1v) is 9.44. The highest BCUT2D eigenvalue weighted by Crippen LogP contribution is 2.29. The molecule has 1 atom stereocenters. The molecule has 0 bridgehead atoms. The maximum Gasteiger partial charge on any atom is 0.413 e. The molecule has 0 saturated heterocycles. The fourth-order valence-corrected chi connectivity index (χ4v) is 3.41. The number of aromatic nitrogens is 3. The van der Waals surface area contributed by atoms with E-state index in [9.17, 15) is 9.59 Å². The van der Waals surface area contributed by atoms with Gasteiger partial charge in [0.2, 0.25) is 5.91 Å². The van der Waals surface area contributed by atoms with E-state index in [1.807, 2.05) is 47.9 Å². The predicted molar refractivity (Wildman–Crippen MR) is 104 cm³/mol. The van der Waals surface area contributed by atoms with Crippen molar-refractivity contribution in [3.05, 3.63) is 54.0 Å². The van der Waals surface area contributed by atoms with Gasteiger partial charge in [-0.05, 0) is 25.5 Å². The second-order valence-electron chi connectivity index (χ2n) is 6.01. The molecular weight excluding hydrogens is 380 g/mol. The van der Waals surface area contributed by atoms with E-state index in [4.69, 9.17) is 4.42 Å². The van der Waals surface area contributed by atoms with Gasteiger partial charge in [0.15, 0.2) is 11.0 Å². The normalized spacial score (nSPS) is 11.8. The molecule has 1 N–H and O–H groups in total. The van der Waals surface area contributed by atoms with Crippen molar-refractivity contribution in [2.24, 2.45) is 0 Å². The van der Waals surface area contributed by atoms with E-state index < -0.39 is 17.3 Å². The number of rotatable bonds is 6. The second kappa shape index (κ2) is 8.75. The zero-order chi connectivity index (χ0) is 20.1. The first kappa shape index (κ1) is 19.7. The van der Waals surface area contributed by atoms with Crippen molar-refractivity contribution in [2.75, 3.05) is 7.11 Å². The van der Waals surface area contributed by atoms with E-state index in [1.54, 1.807) is 13.2 Å². The van der Waals surface area contributed by atoms with Gasteiger partial charge < -0.3 is 9.15 Å². The Morgan fingerprint density at radius 3 is 2.64 bits per heavy atom. The molecule has 0 saturated carbocycles. The number of benzene rings is 1. The number of hydrogen-bond donors (Lipinski definition) is 1. The molecule has 8 nitrogen and oxygen atoms in total. The highest BCUT2D eigenvalue weighted by atomic mass is 32.2. The van der Waals surface area contributed by atoms with Gasteiger partial charge in [0.1, 0.15) is 5.76 Å². The van der Waals surface area contributed by atoms with Crippen LogP contribution in [0, 0.1) is 6.92 Å². The topological polar surface area (TPSA) is 99.2 Å². The predicted octanol–water partition coefficient (Wildman–Crippen LogP) is 3.26. The zero-order valence-electron chi connectivity index (χ0n) is 15.7. The molecule has 2 heterocycles. The maximum absolute atomic E-state index is 12.2. The number of thioether (sulfide) groups is 1. The fraction of sp³-hybridized carbons (Fsp3) is 0.263. The Kier molecular flexibility index (Phi) is 6.15. The second-order valence-corrected chi connectivity index (χ2v) is 7.32. The molecule has 3 aromatic rings. The summed E-state index contributed by atoms with van der Waals surface area (Å²) in [5.74, 6) is 0.917. The lowest BCUT2D eigenvalue weighted by Gasteiger charge is -2.13. The standard InChI is InChI=1S/C19H20N4O4S/c1-12-15(9-10-27-12)16-21-22-18(23(16)11-14-7-5-4-6-8-14)28-13(2)17(24)20-19(25)26-3/h4-10,13H,11H2,1-3H3,(H,20,24,25)/t13-/m1/s1. The van der Waals surface area contributed by atoms with Crippen LogP contribution in [0.4, 0.5) is 4.79 Å². The van der Waals surface area contributed by atoms with Gasteiger partial charge in [-0.2, -0.15) is 0 Å². The number of aryl methyl sites for hydroxylation is 1. The smallest absolute Gasteiger partial charge is 0.413 e. The number of hydrogen-bond acceptors (Lipinski definition) is 7. The third kappa shape index (κ3) is 4.42. The van der Waals surface area contributed by atoms with Crippen LogP contribution in [0.1, 0.15) is 18.2 Å². The number of alkyl carbamates (subject to hydrolysis) is 1. The molecule has 0 spiro atoms. The Morgan fingerprint density at radius 1 is 1.25 bits per heavy atom. The quantitative estimate of drug-likeness (QED) is 0.634. The minimum atomic E-state index is -0.794. The molecule has 0 unspecified atom stereocenters.